The second-order valence-electron chi connectivity index (χ2n) is 7.85. The molecule has 2 aromatic heterocycles. The number of hydrogen-bond donors (Lipinski definition) is 0. The van der Waals surface area contributed by atoms with Crippen LogP contribution in [0, 0.1) is 13.8 Å². The van der Waals surface area contributed by atoms with E-state index < -0.39 is 0 Å². The monoisotopic (exact) mass is 448 g/mol. The summed E-state index contributed by atoms with van der Waals surface area (Å²) in [6.07, 6.45) is 3.39. The number of aryl methyl sites for hydroxylation is 2. The van der Waals surface area contributed by atoms with Crippen molar-refractivity contribution < 1.29 is 14.3 Å². The van der Waals surface area contributed by atoms with E-state index in [0.717, 1.165) is 22.8 Å². The van der Waals surface area contributed by atoms with Crippen LogP contribution in [0.2, 0.25) is 0 Å². The summed E-state index contributed by atoms with van der Waals surface area (Å²) in [6.45, 7) is 6.58. The lowest BCUT2D eigenvalue weighted by atomic mass is 10.2. The molecule has 0 N–H and O–H groups in total. The summed E-state index contributed by atoms with van der Waals surface area (Å²) in [5.74, 6) is 2.76. The Morgan fingerprint density at radius 1 is 0.909 bits per heavy atom. The molecule has 0 aliphatic carbocycles. The number of nitrogens with zero attached hydrogens (tertiary/aromatic N) is 6. The van der Waals surface area contributed by atoms with Crippen LogP contribution in [0.5, 0.6) is 11.5 Å². The van der Waals surface area contributed by atoms with Crippen molar-refractivity contribution in [2.75, 3.05) is 45.3 Å². The van der Waals surface area contributed by atoms with Crippen molar-refractivity contribution in [2.45, 2.75) is 13.8 Å². The summed E-state index contributed by atoms with van der Waals surface area (Å²) in [5, 5.41) is 13.2. The quantitative estimate of drug-likeness (QED) is 0.536. The number of aromatic nitrogens is 4. The molecule has 172 valence electrons. The Morgan fingerprint density at radius 2 is 1.61 bits per heavy atom. The van der Waals surface area contributed by atoms with Gasteiger partial charge in [0.15, 0.2) is 23.1 Å². The Balaban J connectivity index is 1.34. The molecular formula is C24H28N6O3. The van der Waals surface area contributed by atoms with Crippen LogP contribution in [0.4, 0.5) is 5.82 Å². The van der Waals surface area contributed by atoms with E-state index in [9.17, 15) is 4.79 Å². The first kappa shape index (κ1) is 22.3. The molecule has 0 atom stereocenters. The molecule has 1 aliphatic heterocycles. The Kier molecular flexibility index (Phi) is 6.58. The Labute approximate surface area is 193 Å². The molecule has 33 heavy (non-hydrogen) atoms. The summed E-state index contributed by atoms with van der Waals surface area (Å²) < 4.78 is 12.4. The van der Waals surface area contributed by atoms with Crippen molar-refractivity contribution in [2.24, 2.45) is 0 Å². The lowest BCUT2D eigenvalue weighted by Crippen LogP contribution is -2.48. The second kappa shape index (κ2) is 9.72. The Hall–Kier alpha value is -3.88. The molecule has 3 heterocycles. The van der Waals surface area contributed by atoms with Crippen LogP contribution in [-0.2, 0) is 4.79 Å². The van der Waals surface area contributed by atoms with Gasteiger partial charge in [0.25, 0.3) is 0 Å². The molecule has 9 nitrogen and oxygen atoms in total. The standard InChI is InChI=1S/C24H28N6O3/c1-17-15-18(2)30(27-17)23-9-8-22(25-26-23)28-11-13-29(14-12-28)24(31)10-6-19-5-7-20(32-3)21(16-19)33-4/h5-10,15-16H,11-14H2,1-4H3/b10-6+. The minimum atomic E-state index is -0.0182. The van der Waals surface area contributed by atoms with Gasteiger partial charge in [-0.05, 0) is 55.8 Å². The molecule has 0 spiro atoms. The zero-order valence-electron chi connectivity index (χ0n) is 19.4. The van der Waals surface area contributed by atoms with E-state index in [1.807, 2.05) is 55.1 Å². The van der Waals surface area contributed by atoms with Gasteiger partial charge in [-0.15, -0.1) is 10.2 Å². The van der Waals surface area contributed by atoms with Crippen LogP contribution in [0.15, 0.2) is 42.5 Å². The predicted molar refractivity (Wildman–Crippen MR) is 126 cm³/mol. The maximum atomic E-state index is 12.7. The number of carbonyl (C=O) groups is 1. The molecule has 1 aliphatic rings. The molecule has 1 saturated heterocycles. The first-order chi connectivity index (χ1) is 16.0. The summed E-state index contributed by atoms with van der Waals surface area (Å²) in [6, 6.07) is 11.4. The molecule has 0 radical (unpaired) electrons. The molecule has 9 heteroatoms. The number of methoxy groups -OCH3 is 2. The minimum absolute atomic E-state index is 0.0182. The Morgan fingerprint density at radius 3 is 2.21 bits per heavy atom. The number of piperazine rings is 1. The van der Waals surface area contributed by atoms with E-state index in [2.05, 4.69) is 20.2 Å². The van der Waals surface area contributed by atoms with Gasteiger partial charge in [0, 0.05) is 37.9 Å². The molecule has 1 fully saturated rings. The fraction of sp³-hybridized carbons (Fsp3) is 0.333. The van der Waals surface area contributed by atoms with Crippen molar-refractivity contribution in [3.05, 3.63) is 59.4 Å². The third-order valence-corrected chi connectivity index (χ3v) is 5.60. The van der Waals surface area contributed by atoms with Gasteiger partial charge in [-0.25, -0.2) is 4.68 Å². The zero-order chi connectivity index (χ0) is 23.4. The van der Waals surface area contributed by atoms with E-state index in [1.54, 1.807) is 31.1 Å². The van der Waals surface area contributed by atoms with Gasteiger partial charge in [0.2, 0.25) is 5.91 Å². The van der Waals surface area contributed by atoms with E-state index in [0.29, 0.717) is 43.5 Å². The normalized spacial score (nSPS) is 14.1. The Bertz CT molecular complexity index is 1150. The van der Waals surface area contributed by atoms with Crippen molar-refractivity contribution in [3.8, 4) is 17.3 Å². The van der Waals surface area contributed by atoms with Crippen molar-refractivity contribution >= 4 is 17.8 Å². The number of carbonyl (C=O) groups excluding carboxylic acids is 1. The zero-order valence-corrected chi connectivity index (χ0v) is 19.4. The number of hydrogen-bond acceptors (Lipinski definition) is 7. The number of amides is 1. The smallest absolute Gasteiger partial charge is 0.246 e. The fourth-order valence-electron chi connectivity index (χ4n) is 3.85. The van der Waals surface area contributed by atoms with Gasteiger partial charge in [0.05, 0.1) is 19.9 Å². The van der Waals surface area contributed by atoms with E-state index >= 15 is 0 Å². The molecule has 1 amide bonds. The second-order valence-corrected chi connectivity index (χ2v) is 7.85. The topological polar surface area (TPSA) is 85.6 Å². The van der Waals surface area contributed by atoms with Gasteiger partial charge >= 0.3 is 0 Å². The fourth-order valence-corrected chi connectivity index (χ4v) is 3.85. The third kappa shape index (κ3) is 4.97. The number of rotatable bonds is 6. The third-order valence-electron chi connectivity index (χ3n) is 5.60. The maximum Gasteiger partial charge on any atom is 0.246 e. The highest BCUT2D eigenvalue weighted by Crippen LogP contribution is 2.28. The number of anilines is 1. The first-order valence-electron chi connectivity index (χ1n) is 10.8. The van der Waals surface area contributed by atoms with Gasteiger partial charge < -0.3 is 19.3 Å². The number of benzene rings is 1. The van der Waals surface area contributed by atoms with Crippen LogP contribution in [0.1, 0.15) is 17.0 Å². The molecule has 1 aromatic carbocycles. The molecule has 4 rings (SSSR count). The number of ether oxygens (including phenoxy) is 2. The van der Waals surface area contributed by atoms with Crippen molar-refractivity contribution in [1.29, 1.82) is 0 Å². The average Bonchev–Trinajstić information content (AvgIpc) is 3.20. The van der Waals surface area contributed by atoms with Crippen molar-refractivity contribution in [3.63, 3.8) is 0 Å². The molecular weight excluding hydrogens is 420 g/mol. The van der Waals surface area contributed by atoms with Gasteiger partial charge in [-0.2, -0.15) is 5.10 Å². The van der Waals surface area contributed by atoms with Crippen LogP contribution in [0.25, 0.3) is 11.9 Å². The van der Waals surface area contributed by atoms with Crippen LogP contribution in [-0.4, -0.2) is 71.2 Å². The summed E-state index contributed by atoms with van der Waals surface area (Å²) >= 11 is 0. The molecule has 0 saturated carbocycles. The molecule has 0 bridgehead atoms. The minimum Gasteiger partial charge on any atom is -0.493 e. The highest BCUT2D eigenvalue weighted by molar-refractivity contribution is 5.92. The highest BCUT2D eigenvalue weighted by Gasteiger charge is 2.21. The first-order valence-corrected chi connectivity index (χ1v) is 10.8. The van der Waals surface area contributed by atoms with E-state index in [4.69, 9.17) is 9.47 Å². The van der Waals surface area contributed by atoms with E-state index in [1.165, 1.54) is 0 Å². The molecule has 0 unspecified atom stereocenters. The van der Waals surface area contributed by atoms with Crippen LogP contribution >= 0.6 is 0 Å². The van der Waals surface area contributed by atoms with Gasteiger partial charge in [0.1, 0.15) is 0 Å². The van der Waals surface area contributed by atoms with Crippen molar-refractivity contribution in [1.82, 2.24) is 24.9 Å². The lowest BCUT2D eigenvalue weighted by Gasteiger charge is -2.34. The maximum absolute atomic E-state index is 12.7. The average molecular weight is 449 g/mol. The van der Waals surface area contributed by atoms with Gasteiger partial charge in [-0.3, -0.25) is 4.79 Å². The summed E-state index contributed by atoms with van der Waals surface area (Å²) in [7, 11) is 3.19. The molecule has 3 aromatic rings. The van der Waals surface area contributed by atoms with E-state index in [-0.39, 0.29) is 5.91 Å². The SMILES string of the molecule is COc1ccc(/C=C/C(=O)N2CCN(c3ccc(-n4nc(C)cc4C)nn3)CC2)cc1OC. The van der Waals surface area contributed by atoms with Crippen LogP contribution in [0.3, 0.4) is 0 Å². The largest absolute Gasteiger partial charge is 0.493 e. The summed E-state index contributed by atoms with van der Waals surface area (Å²) in [5.41, 5.74) is 2.83. The highest BCUT2D eigenvalue weighted by atomic mass is 16.5. The lowest BCUT2D eigenvalue weighted by molar-refractivity contribution is -0.126. The van der Waals surface area contributed by atoms with Gasteiger partial charge in [-0.1, -0.05) is 6.07 Å². The predicted octanol–water partition coefficient (Wildman–Crippen LogP) is 2.66. The summed E-state index contributed by atoms with van der Waals surface area (Å²) in [4.78, 5) is 16.6. The van der Waals surface area contributed by atoms with Crippen LogP contribution < -0.4 is 14.4 Å².